The Morgan fingerprint density at radius 3 is 2.95 bits per heavy atom. The van der Waals surface area contributed by atoms with Gasteiger partial charge in [-0.3, -0.25) is 14.9 Å². The summed E-state index contributed by atoms with van der Waals surface area (Å²) in [6.07, 6.45) is 1.55. The predicted molar refractivity (Wildman–Crippen MR) is 71.9 cm³/mol. The van der Waals surface area contributed by atoms with Crippen LogP contribution < -0.4 is 5.32 Å². The summed E-state index contributed by atoms with van der Waals surface area (Å²) in [4.78, 5) is 21.5. The van der Waals surface area contributed by atoms with Gasteiger partial charge in [-0.25, -0.2) is 0 Å². The lowest BCUT2D eigenvalue weighted by atomic mass is 10.2. The smallest absolute Gasteiger partial charge is 0.306 e. The van der Waals surface area contributed by atoms with E-state index < -0.39 is 28.4 Å². The molecule has 0 aromatic heterocycles. The second-order valence-corrected chi connectivity index (χ2v) is 4.00. The summed E-state index contributed by atoms with van der Waals surface area (Å²) in [6.45, 7) is 5.43. The van der Waals surface area contributed by atoms with Crippen molar-refractivity contribution in [3.05, 3.63) is 46.8 Å². The zero-order chi connectivity index (χ0) is 15.1. The number of hydrogen-bond donors (Lipinski definition) is 1. The lowest BCUT2D eigenvalue weighted by Crippen LogP contribution is -2.28. The van der Waals surface area contributed by atoms with Crippen molar-refractivity contribution in [2.24, 2.45) is 0 Å². The number of anilines is 1. The Balaban J connectivity index is 2.68. The van der Waals surface area contributed by atoms with E-state index in [4.69, 9.17) is 4.74 Å². The minimum absolute atomic E-state index is 0.141. The molecule has 7 heteroatoms. The molecule has 108 valence electrons. The van der Waals surface area contributed by atoms with Crippen molar-refractivity contribution < 1.29 is 18.8 Å². The van der Waals surface area contributed by atoms with Crippen LogP contribution in [0.4, 0.5) is 15.8 Å². The number of nitrogens with zero attached hydrogens (tertiary/aromatic N) is 1. The molecule has 0 heterocycles. The minimum atomic E-state index is -0.955. The molecule has 6 nitrogen and oxygen atoms in total. The molecule has 0 saturated heterocycles. The third kappa shape index (κ3) is 4.43. The van der Waals surface area contributed by atoms with E-state index in [9.17, 15) is 19.3 Å². The van der Waals surface area contributed by atoms with Gasteiger partial charge in [0.15, 0.2) is 0 Å². The Bertz CT molecular complexity index is 519. The molecule has 0 aliphatic rings. The number of hydrogen-bond acceptors (Lipinski definition) is 4. The molecule has 0 spiro atoms. The van der Waals surface area contributed by atoms with Gasteiger partial charge in [0.05, 0.1) is 11.5 Å². The SMILES string of the molecule is C=CCCOC(C)C(=O)Nc1ccc(F)c([N+](=O)[O-])c1. The molecule has 0 saturated carbocycles. The van der Waals surface area contributed by atoms with Gasteiger partial charge >= 0.3 is 5.69 Å². The molecule has 1 aromatic carbocycles. The van der Waals surface area contributed by atoms with Crippen molar-refractivity contribution in [2.75, 3.05) is 11.9 Å². The Morgan fingerprint density at radius 1 is 1.65 bits per heavy atom. The average Bonchev–Trinajstić information content (AvgIpc) is 2.40. The molecule has 1 atom stereocenters. The van der Waals surface area contributed by atoms with Crippen LogP contribution in [0.3, 0.4) is 0 Å². The summed E-state index contributed by atoms with van der Waals surface area (Å²) in [6, 6.07) is 3.14. The summed E-state index contributed by atoms with van der Waals surface area (Å²) in [5.41, 5.74) is -0.551. The Kier molecular flexibility index (Phi) is 5.79. The zero-order valence-corrected chi connectivity index (χ0v) is 11.0. The second-order valence-electron chi connectivity index (χ2n) is 4.00. The Morgan fingerprint density at radius 2 is 2.35 bits per heavy atom. The molecule has 1 amide bonds. The lowest BCUT2D eigenvalue weighted by molar-refractivity contribution is -0.387. The zero-order valence-electron chi connectivity index (χ0n) is 11.0. The molecule has 0 aliphatic heterocycles. The van der Waals surface area contributed by atoms with Gasteiger partial charge in [-0.1, -0.05) is 6.08 Å². The summed E-state index contributed by atoms with van der Waals surface area (Å²) in [5.74, 6) is -1.42. The van der Waals surface area contributed by atoms with E-state index >= 15 is 0 Å². The normalized spacial score (nSPS) is 11.7. The molecule has 20 heavy (non-hydrogen) atoms. The van der Waals surface area contributed by atoms with E-state index in [-0.39, 0.29) is 5.69 Å². The first-order chi connectivity index (χ1) is 9.45. The maximum atomic E-state index is 13.1. The lowest BCUT2D eigenvalue weighted by Gasteiger charge is -2.12. The van der Waals surface area contributed by atoms with Crippen molar-refractivity contribution >= 4 is 17.3 Å². The fraction of sp³-hybridized carbons (Fsp3) is 0.308. The molecule has 1 aromatic rings. The molecule has 0 radical (unpaired) electrons. The predicted octanol–water partition coefficient (Wildman–Crippen LogP) is 2.65. The summed E-state index contributed by atoms with van der Waals surface area (Å²) < 4.78 is 18.4. The molecular formula is C13H15FN2O4. The van der Waals surface area contributed by atoms with Crippen LogP contribution in [0, 0.1) is 15.9 Å². The number of carbonyl (C=O) groups excluding carboxylic acids is 1. The Hall–Kier alpha value is -2.28. The summed E-state index contributed by atoms with van der Waals surface area (Å²) in [5, 5.41) is 13.0. The first-order valence-electron chi connectivity index (χ1n) is 5.93. The number of carbonyl (C=O) groups is 1. The van der Waals surface area contributed by atoms with E-state index in [0.29, 0.717) is 13.0 Å². The number of nitro groups is 1. The number of nitro benzene ring substituents is 1. The quantitative estimate of drug-likeness (QED) is 0.361. The van der Waals surface area contributed by atoms with E-state index in [1.807, 2.05) is 0 Å². The highest BCUT2D eigenvalue weighted by Crippen LogP contribution is 2.21. The molecule has 1 N–H and O–H groups in total. The van der Waals surface area contributed by atoms with Crippen LogP contribution in [0.2, 0.25) is 0 Å². The van der Waals surface area contributed by atoms with Crippen LogP contribution in [-0.4, -0.2) is 23.5 Å². The van der Waals surface area contributed by atoms with Gasteiger partial charge < -0.3 is 10.1 Å². The fourth-order valence-corrected chi connectivity index (χ4v) is 1.38. The van der Waals surface area contributed by atoms with Gasteiger partial charge in [0.2, 0.25) is 5.82 Å². The summed E-state index contributed by atoms with van der Waals surface area (Å²) in [7, 11) is 0. The van der Waals surface area contributed by atoms with Crippen LogP contribution in [0.15, 0.2) is 30.9 Å². The molecular weight excluding hydrogens is 267 g/mol. The maximum Gasteiger partial charge on any atom is 0.306 e. The first-order valence-corrected chi connectivity index (χ1v) is 5.93. The molecule has 0 aliphatic carbocycles. The largest absolute Gasteiger partial charge is 0.368 e. The fourth-order valence-electron chi connectivity index (χ4n) is 1.38. The molecule has 1 rings (SSSR count). The molecule has 0 bridgehead atoms. The summed E-state index contributed by atoms with van der Waals surface area (Å²) >= 11 is 0. The van der Waals surface area contributed by atoms with Crippen molar-refractivity contribution in [2.45, 2.75) is 19.4 Å². The third-order valence-electron chi connectivity index (χ3n) is 2.47. The topological polar surface area (TPSA) is 81.5 Å². The highest BCUT2D eigenvalue weighted by molar-refractivity contribution is 5.94. The standard InChI is InChI=1S/C13H15FN2O4/c1-3-4-7-20-9(2)13(17)15-10-5-6-11(14)12(8-10)16(18)19/h3,5-6,8-9H,1,4,7H2,2H3,(H,15,17). The van der Waals surface area contributed by atoms with Crippen LogP contribution in [-0.2, 0) is 9.53 Å². The van der Waals surface area contributed by atoms with Gasteiger partial charge in [-0.15, -0.1) is 6.58 Å². The monoisotopic (exact) mass is 282 g/mol. The highest BCUT2D eigenvalue weighted by atomic mass is 19.1. The van der Waals surface area contributed by atoms with Gasteiger partial charge in [-0.05, 0) is 25.5 Å². The maximum absolute atomic E-state index is 13.1. The van der Waals surface area contributed by atoms with Crippen LogP contribution in [0.25, 0.3) is 0 Å². The van der Waals surface area contributed by atoms with Crippen LogP contribution in [0.5, 0.6) is 0 Å². The number of halogens is 1. The van der Waals surface area contributed by atoms with Gasteiger partial charge in [0.25, 0.3) is 5.91 Å². The van der Waals surface area contributed by atoms with Gasteiger partial charge in [-0.2, -0.15) is 4.39 Å². The van der Waals surface area contributed by atoms with Crippen LogP contribution in [0.1, 0.15) is 13.3 Å². The number of amides is 1. The first kappa shape index (κ1) is 15.8. The number of benzene rings is 1. The van der Waals surface area contributed by atoms with Crippen molar-refractivity contribution in [1.29, 1.82) is 0 Å². The van der Waals surface area contributed by atoms with E-state index in [1.165, 1.54) is 6.07 Å². The van der Waals surface area contributed by atoms with Crippen molar-refractivity contribution in [3.63, 3.8) is 0 Å². The average molecular weight is 282 g/mol. The van der Waals surface area contributed by atoms with Gasteiger partial charge in [0.1, 0.15) is 6.10 Å². The van der Waals surface area contributed by atoms with Crippen molar-refractivity contribution in [3.8, 4) is 0 Å². The minimum Gasteiger partial charge on any atom is -0.368 e. The van der Waals surface area contributed by atoms with Gasteiger partial charge in [0, 0.05) is 11.8 Å². The Labute approximate surface area is 115 Å². The van der Waals surface area contributed by atoms with E-state index in [0.717, 1.165) is 12.1 Å². The van der Waals surface area contributed by atoms with E-state index in [1.54, 1.807) is 13.0 Å². The van der Waals surface area contributed by atoms with Crippen molar-refractivity contribution in [1.82, 2.24) is 0 Å². The molecule has 1 unspecified atom stereocenters. The van der Waals surface area contributed by atoms with E-state index in [2.05, 4.69) is 11.9 Å². The van der Waals surface area contributed by atoms with Crippen LogP contribution >= 0.6 is 0 Å². The second kappa shape index (κ2) is 7.34. The number of nitrogens with one attached hydrogen (secondary N) is 1. The highest BCUT2D eigenvalue weighted by Gasteiger charge is 2.17. The number of ether oxygens (including phenoxy) is 1. The number of rotatable bonds is 7. The molecule has 0 fully saturated rings. The third-order valence-corrected chi connectivity index (χ3v) is 2.47.